The number of imide groups is 1. The zero-order chi connectivity index (χ0) is 12.8. The molecular weight excluding hydrogens is 220 g/mol. The lowest BCUT2D eigenvalue weighted by atomic mass is 10.2. The van der Waals surface area contributed by atoms with Crippen molar-refractivity contribution in [3.05, 3.63) is 0 Å². The summed E-state index contributed by atoms with van der Waals surface area (Å²) >= 11 is 0. The molecule has 0 saturated carbocycles. The minimum atomic E-state index is -0.424. The molecule has 1 unspecified atom stereocenters. The summed E-state index contributed by atoms with van der Waals surface area (Å²) in [6, 6.07) is -0.273. The largest absolute Gasteiger partial charge is 0.338 e. The first kappa shape index (κ1) is 13.9. The molecule has 1 saturated heterocycles. The normalized spacial score (nSPS) is 20.6. The van der Waals surface area contributed by atoms with Gasteiger partial charge >= 0.3 is 6.03 Å². The van der Waals surface area contributed by atoms with Gasteiger partial charge < -0.3 is 11.1 Å². The van der Waals surface area contributed by atoms with Gasteiger partial charge in [0.25, 0.3) is 0 Å². The predicted molar refractivity (Wildman–Crippen MR) is 65.4 cm³/mol. The molecule has 0 aromatic heterocycles. The fourth-order valence-corrected chi connectivity index (χ4v) is 1.72. The Morgan fingerprint density at radius 1 is 1.47 bits per heavy atom. The average molecular weight is 242 g/mol. The van der Waals surface area contributed by atoms with Gasteiger partial charge in [-0.3, -0.25) is 15.0 Å². The third-order valence-electron chi connectivity index (χ3n) is 2.60. The minimum absolute atomic E-state index is 0.151. The van der Waals surface area contributed by atoms with Crippen LogP contribution in [0.3, 0.4) is 0 Å². The molecule has 6 nitrogen and oxygen atoms in total. The van der Waals surface area contributed by atoms with Crippen molar-refractivity contribution in [3.63, 3.8) is 0 Å². The molecule has 1 aliphatic rings. The van der Waals surface area contributed by atoms with Crippen LogP contribution < -0.4 is 16.4 Å². The molecule has 0 aliphatic carbocycles. The average Bonchev–Trinajstić information content (AvgIpc) is 2.60. The molecule has 17 heavy (non-hydrogen) atoms. The van der Waals surface area contributed by atoms with E-state index in [9.17, 15) is 9.59 Å². The van der Waals surface area contributed by atoms with Gasteiger partial charge in [0.1, 0.15) is 0 Å². The van der Waals surface area contributed by atoms with Crippen molar-refractivity contribution in [2.45, 2.75) is 26.3 Å². The molecule has 4 N–H and O–H groups in total. The zero-order valence-electron chi connectivity index (χ0n) is 10.5. The van der Waals surface area contributed by atoms with E-state index in [0.29, 0.717) is 12.5 Å². The lowest BCUT2D eigenvalue weighted by Crippen LogP contribution is -2.45. The number of hydrogen-bond acceptors (Lipinski definition) is 4. The lowest BCUT2D eigenvalue weighted by Gasteiger charge is -2.14. The number of nitrogens with zero attached hydrogens (tertiary/aromatic N) is 1. The Morgan fingerprint density at radius 2 is 2.18 bits per heavy atom. The third-order valence-corrected chi connectivity index (χ3v) is 2.60. The SMILES string of the molecule is CC(C)CNC(=O)NC(=O)CN1CCC(N)C1. The van der Waals surface area contributed by atoms with Crippen LogP contribution in [0.25, 0.3) is 0 Å². The Morgan fingerprint density at radius 3 is 2.71 bits per heavy atom. The first-order chi connectivity index (χ1) is 7.97. The molecule has 1 heterocycles. The van der Waals surface area contributed by atoms with Crippen LogP contribution >= 0.6 is 0 Å². The summed E-state index contributed by atoms with van der Waals surface area (Å²) in [6.45, 7) is 6.33. The number of likely N-dealkylation sites (tertiary alicyclic amines) is 1. The van der Waals surface area contributed by atoms with E-state index in [1.165, 1.54) is 0 Å². The van der Waals surface area contributed by atoms with E-state index in [1.807, 2.05) is 18.7 Å². The number of nitrogens with one attached hydrogen (secondary N) is 2. The van der Waals surface area contributed by atoms with Crippen LogP contribution in [0.1, 0.15) is 20.3 Å². The number of nitrogens with two attached hydrogens (primary N) is 1. The Balaban J connectivity index is 2.18. The number of hydrogen-bond donors (Lipinski definition) is 3. The summed E-state index contributed by atoms with van der Waals surface area (Å²) in [7, 11) is 0. The monoisotopic (exact) mass is 242 g/mol. The number of amides is 3. The van der Waals surface area contributed by atoms with Crippen LogP contribution in [0.2, 0.25) is 0 Å². The van der Waals surface area contributed by atoms with Gasteiger partial charge in [0.2, 0.25) is 5.91 Å². The van der Waals surface area contributed by atoms with Crippen molar-refractivity contribution in [2.24, 2.45) is 11.7 Å². The second-order valence-electron chi connectivity index (χ2n) is 4.94. The van der Waals surface area contributed by atoms with E-state index >= 15 is 0 Å². The van der Waals surface area contributed by atoms with E-state index in [1.54, 1.807) is 0 Å². The van der Waals surface area contributed by atoms with Gasteiger partial charge in [-0.25, -0.2) is 4.79 Å². The molecule has 1 aliphatic heterocycles. The minimum Gasteiger partial charge on any atom is -0.338 e. The van der Waals surface area contributed by atoms with Crippen LogP contribution in [-0.2, 0) is 4.79 Å². The first-order valence-corrected chi connectivity index (χ1v) is 6.03. The van der Waals surface area contributed by atoms with Gasteiger partial charge in [-0.2, -0.15) is 0 Å². The van der Waals surface area contributed by atoms with E-state index in [-0.39, 0.29) is 18.5 Å². The van der Waals surface area contributed by atoms with Gasteiger partial charge in [0.15, 0.2) is 0 Å². The molecule has 3 amide bonds. The molecule has 0 aromatic carbocycles. The maximum Gasteiger partial charge on any atom is 0.321 e. The second kappa shape index (κ2) is 6.56. The zero-order valence-corrected chi connectivity index (χ0v) is 10.5. The molecule has 0 aromatic rings. The summed E-state index contributed by atoms with van der Waals surface area (Å²) in [6.07, 6.45) is 0.910. The fraction of sp³-hybridized carbons (Fsp3) is 0.818. The van der Waals surface area contributed by atoms with Crippen molar-refractivity contribution >= 4 is 11.9 Å². The Hall–Kier alpha value is -1.14. The molecule has 1 rings (SSSR count). The molecule has 98 valence electrons. The maximum absolute atomic E-state index is 11.5. The van der Waals surface area contributed by atoms with Crippen LogP contribution in [0.4, 0.5) is 4.79 Å². The highest BCUT2D eigenvalue weighted by Crippen LogP contribution is 2.05. The molecule has 1 fully saturated rings. The predicted octanol–water partition coefficient (Wildman–Crippen LogP) is -0.499. The highest BCUT2D eigenvalue weighted by Gasteiger charge is 2.21. The standard InChI is InChI=1S/C11H22N4O2/c1-8(2)5-13-11(17)14-10(16)7-15-4-3-9(12)6-15/h8-9H,3-7,12H2,1-2H3,(H2,13,14,16,17). The second-order valence-corrected chi connectivity index (χ2v) is 4.94. The Kier molecular flexibility index (Phi) is 5.37. The first-order valence-electron chi connectivity index (χ1n) is 6.03. The topological polar surface area (TPSA) is 87.5 Å². The van der Waals surface area contributed by atoms with Crippen LogP contribution in [0.15, 0.2) is 0 Å². The summed E-state index contributed by atoms with van der Waals surface area (Å²) in [5.74, 6) is 0.0905. The van der Waals surface area contributed by atoms with Crippen LogP contribution in [-0.4, -0.2) is 49.1 Å². The molecule has 0 bridgehead atoms. The fourth-order valence-electron chi connectivity index (χ4n) is 1.72. The Bertz CT molecular complexity index is 281. The Labute approximate surface area is 102 Å². The number of carbonyl (C=O) groups excluding carboxylic acids is 2. The van der Waals surface area contributed by atoms with E-state index in [2.05, 4.69) is 10.6 Å². The van der Waals surface area contributed by atoms with Gasteiger partial charge in [-0.15, -0.1) is 0 Å². The molecule has 0 radical (unpaired) electrons. The quantitative estimate of drug-likeness (QED) is 0.620. The van der Waals surface area contributed by atoms with Crippen LogP contribution in [0, 0.1) is 5.92 Å². The molecular formula is C11H22N4O2. The van der Waals surface area contributed by atoms with Crippen molar-refractivity contribution in [2.75, 3.05) is 26.2 Å². The van der Waals surface area contributed by atoms with Crippen molar-refractivity contribution in [1.82, 2.24) is 15.5 Å². The smallest absolute Gasteiger partial charge is 0.321 e. The summed E-state index contributed by atoms with van der Waals surface area (Å²) in [5.41, 5.74) is 5.73. The molecule has 1 atom stereocenters. The van der Waals surface area contributed by atoms with Crippen molar-refractivity contribution < 1.29 is 9.59 Å². The highest BCUT2D eigenvalue weighted by molar-refractivity contribution is 5.95. The van der Waals surface area contributed by atoms with Crippen molar-refractivity contribution in [1.29, 1.82) is 0 Å². The molecule has 6 heteroatoms. The summed E-state index contributed by atoms with van der Waals surface area (Å²) in [4.78, 5) is 24.8. The highest BCUT2D eigenvalue weighted by atomic mass is 16.2. The number of urea groups is 1. The van der Waals surface area contributed by atoms with Gasteiger partial charge in [-0.05, 0) is 12.3 Å². The van der Waals surface area contributed by atoms with Gasteiger partial charge in [-0.1, -0.05) is 13.8 Å². The number of carbonyl (C=O) groups is 2. The maximum atomic E-state index is 11.5. The lowest BCUT2D eigenvalue weighted by molar-refractivity contribution is -0.120. The number of rotatable bonds is 4. The van der Waals surface area contributed by atoms with Crippen molar-refractivity contribution in [3.8, 4) is 0 Å². The van der Waals surface area contributed by atoms with E-state index in [4.69, 9.17) is 5.73 Å². The molecule has 0 spiro atoms. The van der Waals surface area contributed by atoms with Crippen LogP contribution in [0.5, 0.6) is 0 Å². The van der Waals surface area contributed by atoms with E-state index < -0.39 is 6.03 Å². The van der Waals surface area contributed by atoms with Gasteiger partial charge in [0, 0.05) is 25.7 Å². The van der Waals surface area contributed by atoms with Gasteiger partial charge in [0.05, 0.1) is 6.54 Å². The third kappa shape index (κ3) is 5.65. The summed E-state index contributed by atoms with van der Waals surface area (Å²) < 4.78 is 0. The summed E-state index contributed by atoms with van der Waals surface area (Å²) in [5, 5.41) is 4.94. The van der Waals surface area contributed by atoms with E-state index in [0.717, 1.165) is 19.5 Å².